The zero-order chi connectivity index (χ0) is 10.1. The topological polar surface area (TPSA) is 81.8 Å². The van der Waals surface area contributed by atoms with Crippen molar-refractivity contribution in [3.05, 3.63) is 0 Å². The van der Waals surface area contributed by atoms with E-state index in [0.717, 1.165) is 0 Å². The normalized spacial score (nSPS) is 24.6. The number of ether oxygens (including phenoxy) is 1. The molecule has 0 fully saturated rings. The van der Waals surface area contributed by atoms with E-state index in [4.69, 9.17) is 5.14 Å². The molecule has 8 heteroatoms. The van der Waals surface area contributed by atoms with Gasteiger partial charge in [0.1, 0.15) is 12.7 Å². The summed E-state index contributed by atoms with van der Waals surface area (Å²) in [6.07, 6.45) is -3.99. The van der Waals surface area contributed by atoms with Gasteiger partial charge in [-0.1, -0.05) is 0 Å². The van der Waals surface area contributed by atoms with Gasteiger partial charge in [-0.3, -0.25) is 4.99 Å². The maximum atomic E-state index is 12.0. The molecule has 0 saturated heterocycles. The lowest BCUT2D eigenvalue weighted by Crippen LogP contribution is -2.38. The highest BCUT2D eigenvalue weighted by Crippen LogP contribution is 2.11. The van der Waals surface area contributed by atoms with E-state index >= 15 is 0 Å². The zero-order valence-corrected chi connectivity index (χ0v) is 7.30. The minimum Gasteiger partial charge on any atom is -0.363 e. The second-order valence-corrected chi connectivity index (χ2v) is 4.02. The Balaban J connectivity index is 2.69. The lowest BCUT2D eigenvalue weighted by molar-refractivity contribution is -0.0404. The highest BCUT2D eigenvalue weighted by Gasteiger charge is 2.28. The molecule has 1 unspecified atom stereocenters. The first-order valence-corrected chi connectivity index (χ1v) is 4.92. The quantitative estimate of drug-likeness (QED) is 0.629. The number of nitrogens with zero attached hydrogens (tertiary/aromatic N) is 1. The Kier molecular flexibility index (Phi) is 2.94. The maximum Gasteiger partial charge on any atom is 0.266 e. The van der Waals surface area contributed by atoms with Crippen LogP contribution < -0.4 is 5.14 Å². The molecule has 0 aromatic rings. The molecule has 1 aliphatic rings. The van der Waals surface area contributed by atoms with Crippen LogP contribution in [0, 0.1) is 0 Å². The summed E-state index contributed by atoms with van der Waals surface area (Å²) in [6.45, 7) is -0.850. The third kappa shape index (κ3) is 2.68. The summed E-state index contributed by atoms with van der Waals surface area (Å²) in [5.41, 5.74) is 0. The van der Waals surface area contributed by atoms with Crippen molar-refractivity contribution in [1.82, 2.24) is 0 Å². The van der Waals surface area contributed by atoms with Crippen molar-refractivity contribution < 1.29 is 21.9 Å². The smallest absolute Gasteiger partial charge is 0.266 e. The minimum atomic E-state index is -3.89. The van der Waals surface area contributed by atoms with E-state index < -0.39 is 29.2 Å². The Labute approximate surface area is 73.6 Å². The molecule has 2 N–H and O–H groups in total. The molecule has 0 aromatic heterocycles. The van der Waals surface area contributed by atoms with Crippen molar-refractivity contribution >= 4 is 15.1 Å². The number of nitrogens with two attached hydrogens (primary N) is 1. The van der Waals surface area contributed by atoms with E-state index in [1.807, 2.05) is 0 Å². The van der Waals surface area contributed by atoms with E-state index in [1.165, 1.54) is 0 Å². The highest BCUT2D eigenvalue weighted by atomic mass is 32.2. The highest BCUT2D eigenvalue weighted by molar-refractivity contribution is 8.04. The number of hydrogen-bond donors (Lipinski definition) is 1. The molecule has 0 saturated carbocycles. The van der Waals surface area contributed by atoms with Crippen LogP contribution in [-0.4, -0.2) is 39.1 Å². The maximum absolute atomic E-state index is 12.0. The average molecular weight is 214 g/mol. The molecule has 1 heterocycles. The first-order valence-electron chi connectivity index (χ1n) is 3.37. The summed E-state index contributed by atoms with van der Waals surface area (Å²) in [5, 5.41) is 4.32. The first kappa shape index (κ1) is 10.5. The van der Waals surface area contributed by atoms with Gasteiger partial charge in [0.15, 0.2) is 5.04 Å². The molecule has 0 aliphatic carbocycles. The third-order valence-corrected chi connectivity index (χ3v) is 2.38. The summed E-state index contributed by atoms with van der Waals surface area (Å²) in [4.78, 5) is 3.40. The number of aliphatic imine (C=N–C) groups is 1. The fraction of sp³-hybridized carbons (Fsp3) is 0.800. The number of rotatable bonds is 1. The molecular weight excluding hydrogens is 206 g/mol. The third-order valence-electron chi connectivity index (χ3n) is 1.48. The fourth-order valence-electron chi connectivity index (χ4n) is 0.793. The Morgan fingerprint density at radius 3 is 2.54 bits per heavy atom. The Bertz CT molecular complexity index is 314. The van der Waals surface area contributed by atoms with Crippen molar-refractivity contribution in [1.29, 1.82) is 0 Å². The standard InChI is InChI=1S/C5H8F2N2O3S/c6-5(7)3-1-9-4(2-12-3)13(8,10)11/h3,5H,1-2H2,(H2,8,10,11). The molecule has 0 spiro atoms. The summed E-state index contributed by atoms with van der Waals surface area (Å²) in [5.74, 6) is 0. The Morgan fingerprint density at radius 1 is 1.62 bits per heavy atom. The van der Waals surface area contributed by atoms with Crippen LogP contribution in [0.5, 0.6) is 0 Å². The van der Waals surface area contributed by atoms with Crippen molar-refractivity contribution in [3.8, 4) is 0 Å². The predicted octanol–water partition coefficient (Wildman–Crippen LogP) is -0.663. The zero-order valence-electron chi connectivity index (χ0n) is 6.48. The summed E-state index contributed by atoms with van der Waals surface area (Å²) in [6, 6.07) is 0. The van der Waals surface area contributed by atoms with Gasteiger partial charge in [-0.2, -0.15) is 0 Å². The van der Waals surface area contributed by atoms with Gasteiger partial charge in [-0.15, -0.1) is 0 Å². The van der Waals surface area contributed by atoms with Crippen LogP contribution in [0.1, 0.15) is 0 Å². The van der Waals surface area contributed by atoms with Crippen LogP contribution >= 0.6 is 0 Å². The average Bonchev–Trinajstić information content (AvgIpc) is 2.03. The Morgan fingerprint density at radius 2 is 2.23 bits per heavy atom. The predicted molar refractivity (Wildman–Crippen MR) is 41.2 cm³/mol. The minimum absolute atomic E-state index is 0.372. The van der Waals surface area contributed by atoms with Crippen molar-refractivity contribution in [2.24, 2.45) is 10.1 Å². The van der Waals surface area contributed by atoms with Crippen LogP contribution in [0.3, 0.4) is 0 Å². The molecule has 0 amide bonds. The van der Waals surface area contributed by atoms with Crippen LogP contribution in [-0.2, 0) is 14.8 Å². The van der Waals surface area contributed by atoms with Crippen LogP contribution in [0.25, 0.3) is 0 Å². The lowest BCUT2D eigenvalue weighted by atomic mass is 10.3. The molecule has 1 aliphatic heterocycles. The van der Waals surface area contributed by atoms with Crippen LogP contribution in [0.2, 0.25) is 0 Å². The molecule has 1 rings (SSSR count). The number of halogens is 2. The molecule has 1 atom stereocenters. The second-order valence-electron chi connectivity index (χ2n) is 2.46. The van der Waals surface area contributed by atoms with E-state index in [9.17, 15) is 17.2 Å². The van der Waals surface area contributed by atoms with E-state index in [0.29, 0.717) is 0 Å². The van der Waals surface area contributed by atoms with E-state index in [-0.39, 0.29) is 11.6 Å². The van der Waals surface area contributed by atoms with E-state index in [1.54, 1.807) is 0 Å². The monoisotopic (exact) mass is 214 g/mol. The van der Waals surface area contributed by atoms with Gasteiger partial charge in [0.25, 0.3) is 16.4 Å². The van der Waals surface area contributed by atoms with Crippen molar-refractivity contribution in [2.45, 2.75) is 12.5 Å². The SMILES string of the molecule is NS(=O)(=O)C1=NCC(C(F)F)OC1. The molecule has 0 aromatic carbocycles. The van der Waals surface area contributed by atoms with Crippen LogP contribution in [0.4, 0.5) is 8.78 Å². The number of sulfonamides is 1. The second kappa shape index (κ2) is 3.64. The number of hydrogen-bond acceptors (Lipinski definition) is 4. The lowest BCUT2D eigenvalue weighted by Gasteiger charge is -2.19. The van der Waals surface area contributed by atoms with Gasteiger partial charge in [0, 0.05) is 0 Å². The summed E-state index contributed by atoms with van der Waals surface area (Å²) in [7, 11) is -3.89. The van der Waals surface area contributed by atoms with Crippen LogP contribution in [0.15, 0.2) is 4.99 Å². The van der Waals surface area contributed by atoms with Crippen molar-refractivity contribution in [2.75, 3.05) is 13.2 Å². The van der Waals surface area contributed by atoms with Gasteiger partial charge >= 0.3 is 0 Å². The molecule has 0 bridgehead atoms. The molecule has 76 valence electrons. The van der Waals surface area contributed by atoms with Gasteiger partial charge < -0.3 is 4.74 Å². The fourth-order valence-corrected chi connectivity index (χ4v) is 1.28. The molecular formula is C5H8F2N2O3S. The van der Waals surface area contributed by atoms with Gasteiger partial charge in [0.05, 0.1) is 6.54 Å². The first-order chi connectivity index (χ1) is 5.91. The summed E-state index contributed by atoms with van der Waals surface area (Å²) < 4.78 is 49.8. The number of primary sulfonamides is 1. The van der Waals surface area contributed by atoms with Gasteiger partial charge in [0.2, 0.25) is 0 Å². The molecule has 13 heavy (non-hydrogen) atoms. The van der Waals surface area contributed by atoms with E-state index in [2.05, 4.69) is 9.73 Å². The molecule has 0 radical (unpaired) electrons. The molecule has 5 nitrogen and oxygen atoms in total. The van der Waals surface area contributed by atoms with Crippen molar-refractivity contribution in [3.63, 3.8) is 0 Å². The number of alkyl halides is 2. The van der Waals surface area contributed by atoms with Gasteiger partial charge in [-0.25, -0.2) is 22.3 Å². The summed E-state index contributed by atoms with van der Waals surface area (Å²) >= 11 is 0. The van der Waals surface area contributed by atoms with Gasteiger partial charge in [-0.05, 0) is 0 Å². The Hall–Kier alpha value is -0.600. The largest absolute Gasteiger partial charge is 0.363 e.